The summed E-state index contributed by atoms with van der Waals surface area (Å²) in [6.45, 7) is 4.38. The Labute approximate surface area is 114 Å². The highest BCUT2D eigenvalue weighted by Crippen LogP contribution is 2.36. The maximum Gasteiger partial charge on any atom is 0.172 e. The molecule has 0 heterocycles. The first kappa shape index (κ1) is 13.7. The van der Waals surface area contributed by atoms with Gasteiger partial charge in [-0.1, -0.05) is 38.5 Å². The Bertz CT molecular complexity index is 407. The van der Waals surface area contributed by atoms with E-state index in [1.54, 1.807) is 11.8 Å². The standard InChI is InChI=1S/C16H22OS/c1-12(2)10-18-11-16(17)15-8-4-7-14(9-15)13-5-3-6-13/h4,7-9,12-13H,3,5-6,10-11H2,1-2H3. The molecule has 1 aliphatic rings. The van der Waals surface area contributed by atoms with E-state index in [1.165, 1.54) is 24.8 Å². The van der Waals surface area contributed by atoms with E-state index >= 15 is 0 Å². The SMILES string of the molecule is CC(C)CSCC(=O)c1cccc(C2CCC2)c1. The summed E-state index contributed by atoms with van der Waals surface area (Å²) in [6.07, 6.45) is 3.92. The van der Waals surface area contributed by atoms with Gasteiger partial charge in [-0.2, -0.15) is 11.8 Å². The van der Waals surface area contributed by atoms with E-state index in [1.807, 2.05) is 12.1 Å². The highest BCUT2D eigenvalue weighted by molar-refractivity contribution is 7.99. The van der Waals surface area contributed by atoms with Crippen molar-refractivity contribution in [2.24, 2.45) is 5.92 Å². The fraction of sp³-hybridized carbons (Fsp3) is 0.562. The lowest BCUT2D eigenvalue weighted by atomic mass is 9.79. The number of thioether (sulfide) groups is 1. The quantitative estimate of drug-likeness (QED) is 0.701. The molecule has 2 rings (SSSR count). The molecule has 0 bridgehead atoms. The lowest BCUT2D eigenvalue weighted by Gasteiger charge is -2.26. The molecule has 0 radical (unpaired) electrons. The lowest BCUT2D eigenvalue weighted by Crippen LogP contribution is -2.10. The van der Waals surface area contributed by atoms with Crippen molar-refractivity contribution in [2.45, 2.75) is 39.0 Å². The molecule has 0 aliphatic heterocycles. The minimum Gasteiger partial charge on any atom is -0.293 e. The van der Waals surface area contributed by atoms with Gasteiger partial charge in [0, 0.05) is 5.56 Å². The van der Waals surface area contributed by atoms with Crippen LogP contribution >= 0.6 is 11.8 Å². The highest BCUT2D eigenvalue weighted by atomic mass is 32.2. The average Bonchev–Trinajstić information content (AvgIpc) is 2.26. The van der Waals surface area contributed by atoms with E-state index in [4.69, 9.17) is 0 Å². The average molecular weight is 262 g/mol. The second kappa shape index (κ2) is 6.42. The molecule has 0 atom stereocenters. The lowest BCUT2D eigenvalue weighted by molar-refractivity contribution is 0.102. The van der Waals surface area contributed by atoms with Crippen LogP contribution in [0.15, 0.2) is 24.3 Å². The normalized spacial score (nSPS) is 15.7. The Kier molecular flexibility index (Phi) is 4.87. The Morgan fingerprint density at radius 3 is 2.78 bits per heavy atom. The van der Waals surface area contributed by atoms with E-state index in [9.17, 15) is 4.79 Å². The van der Waals surface area contributed by atoms with Gasteiger partial charge in [-0.3, -0.25) is 4.79 Å². The summed E-state index contributed by atoms with van der Waals surface area (Å²) in [6, 6.07) is 8.28. The van der Waals surface area contributed by atoms with Gasteiger partial charge in [-0.25, -0.2) is 0 Å². The van der Waals surface area contributed by atoms with Gasteiger partial charge in [0.1, 0.15) is 0 Å². The third-order valence-electron chi connectivity index (χ3n) is 3.47. The summed E-state index contributed by atoms with van der Waals surface area (Å²) in [7, 11) is 0. The van der Waals surface area contributed by atoms with Crippen molar-refractivity contribution in [3.63, 3.8) is 0 Å². The van der Waals surface area contributed by atoms with Crippen molar-refractivity contribution < 1.29 is 4.79 Å². The molecule has 1 fully saturated rings. The van der Waals surface area contributed by atoms with Crippen LogP contribution in [0.25, 0.3) is 0 Å². The number of rotatable bonds is 6. The van der Waals surface area contributed by atoms with Gasteiger partial charge >= 0.3 is 0 Å². The maximum absolute atomic E-state index is 12.1. The molecule has 0 aromatic heterocycles. The molecular weight excluding hydrogens is 240 g/mol. The van der Waals surface area contributed by atoms with Gasteiger partial charge < -0.3 is 0 Å². The van der Waals surface area contributed by atoms with Crippen LogP contribution in [0.5, 0.6) is 0 Å². The van der Waals surface area contributed by atoms with Crippen molar-refractivity contribution >= 4 is 17.5 Å². The molecule has 0 spiro atoms. The number of hydrogen-bond donors (Lipinski definition) is 0. The Morgan fingerprint density at radius 2 is 2.17 bits per heavy atom. The van der Waals surface area contributed by atoms with Crippen LogP contribution in [-0.2, 0) is 0 Å². The smallest absolute Gasteiger partial charge is 0.172 e. The molecule has 0 unspecified atom stereocenters. The zero-order valence-corrected chi connectivity index (χ0v) is 12.1. The number of Topliss-reactive ketones (excluding diaryl/α,β-unsaturated/α-hetero) is 1. The first-order chi connectivity index (χ1) is 8.66. The van der Waals surface area contributed by atoms with Crippen molar-refractivity contribution in [3.05, 3.63) is 35.4 Å². The van der Waals surface area contributed by atoms with E-state index in [2.05, 4.69) is 26.0 Å². The van der Waals surface area contributed by atoms with Gasteiger partial charge in [-0.05, 0) is 42.1 Å². The van der Waals surface area contributed by atoms with Crippen molar-refractivity contribution in [1.29, 1.82) is 0 Å². The Balaban J connectivity index is 1.92. The first-order valence-electron chi connectivity index (χ1n) is 6.87. The third kappa shape index (κ3) is 3.61. The molecule has 1 aromatic carbocycles. The second-order valence-corrected chi connectivity index (χ2v) is 6.62. The molecule has 98 valence electrons. The van der Waals surface area contributed by atoms with Crippen LogP contribution in [0.3, 0.4) is 0 Å². The molecule has 0 amide bonds. The molecule has 2 heteroatoms. The Morgan fingerprint density at radius 1 is 1.39 bits per heavy atom. The van der Waals surface area contributed by atoms with E-state index in [0.29, 0.717) is 17.6 Å². The zero-order valence-electron chi connectivity index (χ0n) is 11.3. The van der Waals surface area contributed by atoms with Crippen LogP contribution in [0.2, 0.25) is 0 Å². The van der Waals surface area contributed by atoms with Gasteiger partial charge in [0.2, 0.25) is 0 Å². The molecule has 1 aromatic rings. The van der Waals surface area contributed by atoms with Crippen LogP contribution in [-0.4, -0.2) is 17.3 Å². The fourth-order valence-corrected chi connectivity index (χ4v) is 3.12. The summed E-state index contributed by atoms with van der Waals surface area (Å²) >= 11 is 1.75. The van der Waals surface area contributed by atoms with Crippen molar-refractivity contribution in [3.8, 4) is 0 Å². The molecule has 0 saturated heterocycles. The number of ketones is 1. The molecule has 1 aliphatic carbocycles. The number of carbonyl (C=O) groups is 1. The van der Waals surface area contributed by atoms with Crippen LogP contribution in [0, 0.1) is 5.92 Å². The molecule has 1 saturated carbocycles. The summed E-state index contributed by atoms with van der Waals surface area (Å²) in [5.74, 6) is 3.33. The Hall–Kier alpha value is -0.760. The van der Waals surface area contributed by atoms with Crippen LogP contribution in [0.4, 0.5) is 0 Å². The monoisotopic (exact) mass is 262 g/mol. The summed E-state index contributed by atoms with van der Waals surface area (Å²) in [5.41, 5.74) is 2.26. The minimum absolute atomic E-state index is 0.279. The van der Waals surface area contributed by atoms with Gasteiger partial charge in [0.05, 0.1) is 5.75 Å². The molecule has 0 N–H and O–H groups in total. The predicted octanol–water partition coefficient (Wildman–Crippen LogP) is 4.53. The largest absolute Gasteiger partial charge is 0.293 e. The maximum atomic E-state index is 12.1. The topological polar surface area (TPSA) is 17.1 Å². The summed E-state index contributed by atoms with van der Waals surface area (Å²) < 4.78 is 0. The van der Waals surface area contributed by atoms with Gasteiger partial charge in [0.15, 0.2) is 5.78 Å². The predicted molar refractivity (Wildman–Crippen MR) is 79.5 cm³/mol. The van der Waals surface area contributed by atoms with Gasteiger partial charge in [0.25, 0.3) is 0 Å². The first-order valence-corrected chi connectivity index (χ1v) is 8.03. The molecular formula is C16H22OS. The van der Waals surface area contributed by atoms with E-state index in [-0.39, 0.29) is 5.78 Å². The molecule has 18 heavy (non-hydrogen) atoms. The van der Waals surface area contributed by atoms with Crippen molar-refractivity contribution in [2.75, 3.05) is 11.5 Å². The van der Waals surface area contributed by atoms with Gasteiger partial charge in [-0.15, -0.1) is 0 Å². The summed E-state index contributed by atoms with van der Waals surface area (Å²) in [4.78, 5) is 12.1. The fourth-order valence-electron chi connectivity index (χ4n) is 2.18. The minimum atomic E-state index is 0.279. The summed E-state index contributed by atoms with van der Waals surface area (Å²) in [5, 5.41) is 0. The third-order valence-corrected chi connectivity index (χ3v) is 4.84. The number of carbonyl (C=O) groups excluding carboxylic acids is 1. The number of hydrogen-bond acceptors (Lipinski definition) is 2. The molecule has 1 nitrogen and oxygen atoms in total. The second-order valence-electron chi connectivity index (χ2n) is 5.59. The highest BCUT2D eigenvalue weighted by Gasteiger charge is 2.20. The van der Waals surface area contributed by atoms with Crippen LogP contribution in [0.1, 0.15) is 54.9 Å². The van der Waals surface area contributed by atoms with Crippen LogP contribution < -0.4 is 0 Å². The zero-order chi connectivity index (χ0) is 13.0. The van der Waals surface area contributed by atoms with E-state index in [0.717, 1.165) is 11.3 Å². The number of benzene rings is 1. The van der Waals surface area contributed by atoms with Crippen molar-refractivity contribution in [1.82, 2.24) is 0 Å². The van der Waals surface area contributed by atoms with E-state index < -0.39 is 0 Å².